The van der Waals surface area contributed by atoms with Crippen molar-refractivity contribution in [3.8, 4) is 11.3 Å². The van der Waals surface area contributed by atoms with Gasteiger partial charge in [0.1, 0.15) is 5.52 Å². The number of amides is 2. The van der Waals surface area contributed by atoms with Gasteiger partial charge in [0, 0.05) is 42.5 Å². The maximum absolute atomic E-state index is 14.4. The largest absolute Gasteiger partial charge is 0.465 e. The first-order chi connectivity index (χ1) is 19.8. The molecule has 1 N–H and O–H groups in total. The van der Waals surface area contributed by atoms with Crippen molar-refractivity contribution in [2.24, 2.45) is 0 Å². The van der Waals surface area contributed by atoms with Crippen LogP contribution in [0.15, 0.2) is 30.6 Å². The van der Waals surface area contributed by atoms with Crippen molar-refractivity contribution in [3.05, 3.63) is 41.3 Å². The smallest absolute Gasteiger partial charge is 0.407 e. The first-order valence-corrected chi connectivity index (χ1v) is 15.4. The fourth-order valence-corrected chi connectivity index (χ4v) is 7.87. The zero-order chi connectivity index (χ0) is 28.5. The summed E-state index contributed by atoms with van der Waals surface area (Å²) in [5.74, 6) is 0.133. The molecule has 1 aliphatic carbocycles. The summed E-state index contributed by atoms with van der Waals surface area (Å²) in [5, 5.41) is 9.98. The standard InChI is InChI=1S/C31H37ClN6O3/c1-19(2)37-18-33-25-17-24(34-28(32)27(25)37)20-6-7-23-26(14-20)38(22-15-21(16-22)35-10-4-3-5-11-35)29(39)31(23)8-12-36(13-9-31)30(40)41/h6-7,14,17-19,21-22H,3-5,8-13,15-16H2,1-2H3,(H,40,41)/t21-,22+. The number of carboxylic acid groups (broad SMARTS) is 1. The Hall–Kier alpha value is -3.17. The van der Waals surface area contributed by atoms with Gasteiger partial charge >= 0.3 is 6.09 Å². The second-order valence-electron chi connectivity index (χ2n) is 12.5. The molecule has 1 saturated carbocycles. The van der Waals surface area contributed by atoms with Gasteiger partial charge in [-0.3, -0.25) is 4.79 Å². The van der Waals surface area contributed by atoms with Gasteiger partial charge in [-0.25, -0.2) is 14.8 Å². The molecule has 3 fully saturated rings. The highest BCUT2D eigenvalue weighted by Gasteiger charge is 2.55. The van der Waals surface area contributed by atoms with E-state index in [0.717, 1.165) is 59.5 Å². The fourth-order valence-electron chi connectivity index (χ4n) is 7.58. The zero-order valence-electron chi connectivity index (χ0n) is 23.7. The summed E-state index contributed by atoms with van der Waals surface area (Å²) in [6.07, 6.45) is 7.69. The van der Waals surface area contributed by atoms with E-state index in [1.807, 2.05) is 16.7 Å². The van der Waals surface area contributed by atoms with Crippen LogP contribution in [0.3, 0.4) is 0 Å². The van der Waals surface area contributed by atoms with Crippen LogP contribution in [0.5, 0.6) is 0 Å². The van der Waals surface area contributed by atoms with Crippen molar-refractivity contribution in [1.29, 1.82) is 0 Å². The number of nitrogens with zero attached hydrogens (tertiary/aromatic N) is 6. The Bertz CT molecular complexity index is 1520. The van der Waals surface area contributed by atoms with Crippen LogP contribution in [-0.2, 0) is 10.2 Å². The number of halogens is 1. The van der Waals surface area contributed by atoms with Gasteiger partial charge in [0.25, 0.3) is 0 Å². The van der Waals surface area contributed by atoms with Crippen LogP contribution in [0.4, 0.5) is 10.5 Å². The Balaban J connectivity index is 1.25. The molecule has 41 heavy (non-hydrogen) atoms. The van der Waals surface area contributed by atoms with Crippen LogP contribution in [0, 0.1) is 0 Å². The molecule has 2 saturated heterocycles. The number of hydrogen-bond donors (Lipinski definition) is 1. The SMILES string of the molecule is CC(C)n1cnc2cc(-c3ccc4c(c3)N([C@H]3C[C@@H](N5CCCCC5)C3)C(=O)C43CCN(C(=O)O)CC3)nc(Cl)c21. The molecule has 0 bridgehead atoms. The molecule has 2 amide bonds. The van der Waals surface area contributed by atoms with E-state index in [1.54, 1.807) is 6.33 Å². The monoisotopic (exact) mass is 576 g/mol. The van der Waals surface area contributed by atoms with Gasteiger partial charge in [-0.05, 0) is 83.2 Å². The maximum Gasteiger partial charge on any atom is 0.407 e. The van der Waals surface area contributed by atoms with Crippen molar-refractivity contribution in [2.75, 3.05) is 31.1 Å². The minimum atomic E-state index is -0.917. The summed E-state index contributed by atoms with van der Waals surface area (Å²) in [4.78, 5) is 41.5. The van der Waals surface area contributed by atoms with Gasteiger partial charge in [-0.1, -0.05) is 30.2 Å². The van der Waals surface area contributed by atoms with E-state index in [4.69, 9.17) is 16.6 Å². The molecule has 1 spiro atoms. The second kappa shape index (κ2) is 9.98. The highest BCUT2D eigenvalue weighted by atomic mass is 35.5. The number of carbonyl (C=O) groups is 2. The predicted octanol–water partition coefficient (Wildman–Crippen LogP) is 5.71. The highest BCUT2D eigenvalue weighted by Crippen LogP contribution is 2.52. The molecule has 7 rings (SSSR count). The third-order valence-electron chi connectivity index (χ3n) is 10.0. The molecule has 0 radical (unpaired) electrons. The van der Waals surface area contributed by atoms with E-state index in [2.05, 4.69) is 40.8 Å². The average molecular weight is 577 g/mol. The number of rotatable bonds is 4. The third-order valence-corrected chi connectivity index (χ3v) is 10.3. The van der Waals surface area contributed by atoms with Gasteiger partial charge in [0.15, 0.2) is 5.15 Å². The molecule has 216 valence electrons. The topological polar surface area (TPSA) is 94.8 Å². The number of piperidine rings is 2. The normalized spacial score (nSPS) is 24.3. The number of imidazole rings is 1. The van der Waals surface area contributed by atoms with Crippen LogP contribution in [0.25, 0.3) is 22.3 Å². The Kier molecular flexibility index (Phi) is 6.50. The molecule has 10 heteroatoms. The summed E-state index contributed by atoms with van der Waals surface area (Å²) in [7, 11) is 0. The number of benzene rings is 1. The molecular weight excluding hydrogens is 540 g/mol. The number of likely N-dealkylation sites (tertiary alicyclic amines) is 2. The average Bonchev–Trinajstić information content (AvgIpc) is 3.48. The van der Waals surface area contributed by atoms with E-state index in [0.29, 0.717) is 37.1 Å². The molecule has 1 aromatic carbocycles. The fraction of sp³-hybridized carbons (Fsp3) is 0.548. The summed E-state index contributed by atoms with van der Waals surface area (Å²) >= 11 is 6.71. The Morgan fingerprint density at radius 1 is 1.05 bits per heavy atom. The molecule has 4 aliphatic rings. The van der Waals surface area contributed by atoms with Crippen LogP contribution in [0.1, 0.15) is 70.4 Å². The first-order valence-electron chi connectivity index (χ1n) is 15.0. The summed E-state index contributed by atoms with van der Waals surface area (Å²) < 4.78 is 2.03. The quantitative estimate of drug-likeness (QED) is 0.400. The third kappa shape index (κ3) is 4.23. The van der Waals surface area contributed by atoms with E-state index in [9.17, 15) is 14.7 Å². The van der Waals surface area contributed by atoms with Crippen LogP contribution < -0.4 is 4.90 Å². The first kappa shape index (κ1) is 26.7. The Morgan fingerprint density at radius 3 is 2.46 bits per heavy atom. The lowest BCUT2D eigenvalue weighted by Gasteiger charge is -2.48. The second-order valence-corrected chi connectivity index (χ2v) is 12.9. The van der Waals surface area contributed by atoms with Gasteiger partial charge in [-0.2, -0.15) is 0 Å². The lowest BCUT2D eigenvalue weighted by atomic mass is 9.73. The number of carbonyl (C=O) groups excluding carboxylic acids is 1. The van der Waals surface area contributed by atoms with Crippen molar-refractivity contribution in [1.82, 2.24) is 24.3 Å². The molecule has 5 heterocycles. The van der Waals surface area contributed by atoms with E-state index in [1.165, 1.54) is 24.2 Å². The Labute approximate surface area is 245 Å². The lowest BCUT2D eigenvalue weighted by molar-refractivity contribution is -0.125. The molecular formula is C31H37ClN6O3. The van der Waals surface area contributed by atoms with Crippen molar-refractivity contribution in [2.45, 2.75) is 82.3 Å². The van der Waals surface area contributed by atoms with Crippen molar-refractivity contribution >= 4 is 40.3 Å². The van der Waals surface area contributed by atoms with Gasteiger partial charge < -0.3 is 24.4 Å². The predicted molar refractivity (Wildman–Crippen MR) is 159 cm³/mol. The molecule has 0 unspecified atom stereocenters. The zero-order valence-corrected chi connectivity index (χ0v) is 24.5. The molecule has 0 atom stereocenters. The van der Waals surface area contributed by atoms with Crippen molar-refractivity contribution < 1.29 is 14.7 Å². The lowest BCUT2D eigenvalue weighted by Crippen LogP contribution is -2.58. The van der Waals surface area contributed by atoms with Gasteiger partial charge in [0.05, 0.1) is 23.0 Å². The molecule has 2 aromatic heterocycles. The maximum atomic E-state index is 14.4. The van der Waals surface area contributed by atoms with Crippen LogP contribution in [-0.4, -0.2) is 79.7 Å². The number of anilines is 1. The number of hydrogen-bond acceptors (Lipinski definition) is 5. The summed E-state index contributed by atoms with van der Waals surface area (Å²) in [6.45, 7) is 7.22. The van der Waals surface area contributed by atoms with Gasteiger partial charge in [0.2, 0.25) is 5.91 Å². The minimum Gasteiger partial charge on any atom is -0.465 e. The van der Waals surface area contributed by atoms with Crippen molar-refractivity contribution in [3.63, 3.8) is 0 Å². The van der Waals surface area contributed by atoms with Crippen LogP contribution in [0.2, 0.25) is 5.15 Å². The van der Waals surface area contributed by atoms with Gasteiger partial charge in [-0.15, -0.1) is 0 Å². The summed E-state index contributed by atoms with van der Waals surface area (Å²) in [5.41, 5.74) is 4.54. The van der Waals surface area contributed by atoms with E-state index < -0.39 is 11.5 Å². The molecule has 3 aliphatic heterocycles. The number of pyridine rings is 1. The molecule has 3 aromatic rings. The molecule has 9 nitrogen and oxygen atoms in total. The van der Waals surface area contributed by atoms with E-state index in [-0.39, 0.29) is 18.0 Å². The van der Waals surface area contributed by atoms with E-state index >= 15 is 0 Å². The Morgan fingerprint density at radius 2 is 1.78 bits per heavy atom. The highest BCUT2D eigenvalue weighted by molar-refractivity contribution is 6.34. The number of fused-ring (bicyclic) bond motifs is 3. The van der Waals surface area contributed by atoms with Crippen LogP contribution >= 0.6 is 11.6 Å². The minimum absolute atomic E-state index is 0.133. The summed E-state index contributed by atoms with van der Waals surface area (Å²) in [6, 6.07) is 9.08. The number of aromatic nitrogens is 3.